The number of carbonyl (C=O) groups is 1. The molecular formula is C22H22N6O3S. The van der Waals surface area contributed by atoms with Crippen LogP contribution in [-0.2, 0) is 14.8 Å². The maximum atomic E-state index is 12.4. The first kappa shape index (κ1) is 21.3. The zero-order valence-corrected chi connectivity index (χ0v) is 18.3. The van der Waals surface area contributed by atoms with E-state index in [1.54, 1.807) is 6.20 Å². The van der Waals surface area contributed by atoms with E-state index in [-0.39, 0.29) is 11.9 Å². The number of nitrogens with one attached hydrogen (secondary N) is 4. The molecule has 4 aromatic rings. The molecule has 0 aliphatic heterocycles. The van der Waals surface area contributed by atoms with E-state index in [1.807, 2.05) is 62.4 Å². The maximum absolute atomic E-state index is 12.4. The van der Waals surface area contributed by atoms with Gasteiger partial charge in [0.05, 0.1) is 23.8 Å². The van der Waals surface area contributed by atoms with Gasteiger partial charge < -0.3 is 9.97 Å². The zero-order chi connectivity index (χ0) is 22.7. The molecule has 2 aromatic heterocycles. The molecule has 2 heterocycles. The van der Waals surface area contributed by atoms with Crippen LogP contribution in [0.4, 0.5) is 11.9 Å². The Morgan fingerprint density at radius 3 is 1.81 bits per heavy atom. The first-order valence-electron chi connectivity index (χ1n) is 9.82. The Morgan fingerprint density at radius 2 is 1.28 bits per heavy atom. The highest BCUT2D eigenvalue weighted by Crippen LogP contribution is 2.20. The van der Waals surface area contributed by atoms with Gasteiger partial charge in [-0.25, -0.2) is 18.4 Å². The summed E-state index contributed by atoms with van der Waals surface area (Å²) in [6, 6.07) is 15.5. The van der Waals surface area contributed by atoms with Crippen molar-refractivity contribution in [2.75, 3.05) is 15.8 Å². The van der Waals surface area contributed by atoms with Crippen molar-refractivity contribution in [1.29, 1.82) is 0 Å². The van der Waals surface area contributed by atoms with Crippen molar-refractivity contribution in [2.24, 2.45) is 0 Å². The largest absolute Gasteiger partial charge is 0.324 e. The number of sulfonamides is 1. The molecule has 164 valence electrons. The number of imidazole rings is 2. The molecule has 2 aromatic carbocycles. The van der Waals surface area contributed by atoms with Gasteiger partial charge in [-0.15, -0.1) is 0 Å². The van der Waals surface area contributed by atoms with Crippen LogP contribution < -0.4 is 10.0 Å². The van der Waals surface area contributed by atoms with Crippen LogP contribution in [0.3, 0.4) is 0 Å². The standard InChI is InChI=1S/C22H22N6O3S/c1-14-3-7-16(8-4-14)18-11-23-21(25-18)27-20(29)13-32(30,31)28-22-24-12-19(26-22)17-9-5-15(2)6-10-17/h3-12H,13H2,1-2H3,(H2,24,26,28)(H2,23,25,27,29). The van der Waals surface area contributed by atoms with Crippen LogP contribution in [0.2, 0.25) is 0 Å². The number of nitrogens with zero attached hydrogens (tertiary/aromatic N) is 2. The summed E-state index contributed by atoms with van der Waals surface area (Å²) in [5.41, 5.74) is 5.38. The van der Waals surface area contributed by atoms with Crippen LogP contribution in [0, 0.1) is 13.8 Å². The van der Waals surface area contributed by atoms with Crippen LogP contribution in [0.1, 0.15) is 11.1 Å². The minimum absolute atomic E-state index is 0.0352. The third-order valence-electron chi connectivity index (χ3n) is 4.71. The maximum Gasteiger partial charge on any atom is 0.244 e. The Morgan fingerprint density at radius 1 is 0.812 bits per heavy atom. The average Bonchev–Trinajstić information content (AvgIpc) is 3.38. The summed E-state index contributed by atoms with van der Waals surface area (Å²) in [4.78, 5) is 26.2. The van der Waals surface area contributed by atoms with E-state index in [2.05, 4.69) is 30.0 Å². The molecule has 0 aliphatic rings. The summed E-state index contributed by atoms with van der Waals surface area (Å²) in [5.74, 6) is -1.31. The monoisotopic (exact) mass is 450 g/mol. The predicted molar refractivity (Wildman–Crippen MR) is 124 cm³/mol. The number of anilines is 2. The Balaban J connectivity index is 1.37. The second-order valence-electron chi connectivity index (χ2n) is 7.43. The van der Waals surface area contributed by atoms with Crippen LogP contribution in [0.5, 0.6) is 0 Å². The Hall–Kier alpha value is -3.92. The minimum atomic E-state index is -3.98. The van der Waals surface area contributed by atoms with Gasteiger partial charge in [-0.05, 0) is 25.0 Å². The number of benzene rings is 2. The van der Waals surface area contributed by atoms with Gasteiger partial charge in [0, 0.05) is 0 Å². The van der Waals surface area contributed by atoms with Crippen molar-refractivity contribution in [3.63, 3.8) is 0 Å². The van der Waals surface area contributed by atoms with Crippen LogP contribution >= 0.6 is 0 Å². The second-order valence-corrected chi connectivity index (χ2v) is 9.15. The lowest BCUT2D eigenvalue weighted by molar-refractivity contribution is -0.113. The average molecular weight is 451 g/mol. The molecule has 4 N–H and O–H groups in total. The molecule has 0 spiro atoms. The molecule has 1 amide bonds. The van der Waals surface area contributed by atoms with Gasteiger partial charge in [0.2, 0.25) is 27.8 Å². The molecular weight excluding hydrogens is 428 g/mol. The minimum Gasteiger partial charge on any atom is -0.324 e. The lowest BCUT2D eigenvalue weighted by Crippen LogP contribution is -2.28. The smallest absolute Gasteiger partial charge is 0.244 e. The van der Waals surface area contributed by atoms with Gasteiger partial charge in [-0.1, -0.05) is 59.7 Å². The summed E-state index contributed by atoms with van der Waals surface area (Å²) in [5, 5.41) is 2.47. The summed E-state index contributed by atoms with van der Waals surface area (Å²) < 4.78 is 27.1. The van der Waals surface area contributed by atoms with Gasteiger partial charge >= 0.3 is 0 Å². The predicted octanol–water partition coefficient (Wildman–Crippen LogP) is 3.46. The fraction of sp³-hybridized carbons (Fsp3) is 0.136. The highest BCUT2D eigenvalue weighted by Gasteiger charge is 2.19. The fourth-order valence-electron chi connectivity index (χ4n) is 3.04. The molecule has 0 fully saturated rings. The van der Waals surface area contributed by atoms with E-state index in [9.17, 15) is 13.2 Å². The molecule has 0 aliphatic carbocycles. The van der Waals surface area contributed by atoms with Crippen molar-refractivity contribution < 1.29 is 13.2 Å². The first-order valence-corrected chi connectivity index (χ1v) is 11.5. The Kier molecular flexibility index (Phi) is 5.78. The molecule has 32 heavy (non-hydrogen) atoms. The molecule has 10 heteroatoms. The number of aromatic nitrogens is 4. The molecule has 9 nitrogen and oxygen atoms in total. The summed E-state index contributed by atoms with van der Waals surface area (Å²) in [7, 11) is -3.98. The topological polar surface area (TPSA) is 133 Å². The van der Waals surface area contributed by atoms with E-state index < -0.39 is 21.7 Å². The van der Waals surface area contributed by atoms with Crippen molar-refractivity contribution in [2.45, 2.75) is 13.8 Å². The SMILES string of the molecule is Cc1ccc(-c2cnc(NC(=O)CS(=O)(=O)Nc3ncc(-c4ccc(C)cc4)[nH]3)[nH]2)cc1. The molecule has 4 rings (SSSR count). The quantitative estimate of drug-likeness (QED) is 0.342. The number of aromatic amines is 2. The first-order chi connectivity index (χ1) is 15.3. The number of hydrogen-bond donors (Lipinski definition) is 4. The molecule has 0 saturated carbocycles. The van der Waals surface area contributed by atoms with Gasteiger partial charge in [0.15, 0.2) is 0 Å². The van der Waals surface area contributed by atoms with Crippen LogP contribution in [0.15, 0.2) is 60.9 Å². The number of carbonyl (C=O) groups excluding carboxylic acids is 1. The van der Waals surface area contributed by atoms with Gasteiger partial charge in [-0.2, -0.15) is 0 Å². The van der Waals surface area contributed by atoms with Crippen LogP contribution in [-0.4, -0.2) is 40.0 Å². The molecule has 0 unspecified atom stereocenters. The van der Waals surface area contributed by atoms with Gasteiger partial charge in [-0.3, -0.25) is 14.8 Å². The zero-order valence-electron chi connectivity index (χ0n) is 17.5. The van der Waals surface area contributed by atoms with E-state index in [1.165, 1.54) is 6.20 Å². The number of rotatable bonds is 7. The Labute approximate surface area is 185 Å². The lowest BCUT2D eigenvalue weighted by atomic mass is 10.1. The van der Waals surface area contributed by atoms with E-state index in [0.717, 1.165) is 22.3 Å². The number of hydrogen-bond acceptors (Lipinski definition) is 5. The van der Waals surface area contributed by atoms with Gasteiger partial charge in [0.1, 0.15) is 5.75 Å². The van der Waals surface area contributed by atoms with Crippen molar-refractivity contribution in [1.82, 2.24) is 19.9 Å². The molecule has 0 saturated heterocycles. The normalized spacial score (nSPS) is 11.3. The fourth-order valence-corrected chi connectivity index (χ4v) is 3.93. The highest BCUT2D eigenvalue weighted by atomic mass is 32.2. The Bertz CT molecular complexity index is 1340. The molecule has 0 radical (unpaired) electrons. The van der Waals surface area contributed by atoms with E-state index in [0.29, 0.717) is 11.4 Å². The van der Waals surface area contributed by atoms with Crippen molar-refractivity contribution >= 4 is 27.8 Å². The molecule has 0 atom stereocenters. The van der Waals surface area contributed by atoms with Crippen molar-refractivity contribution in [3.05, 3.63) is 72.1 Å². The highest BCUT2D eigenvalue weighted by molar-refractivity contribution is 7.93. The second kappa shape index (κ2) is 8.67. The van der Waals surface area contributed by atoms with Gasteiger partial charge in [0.25, 0.3) is 0 Å². The summed E-state index contributed by atoms with van der Waals surface area (Å²) in [6.45, 7) is 3.97. The van der Waals surface area contributed by atoms with E-state index in [4.69, 9.17) is 0 Å². The summed E-state index contributed by atoms with van der Waals surface area (Å²) in [6.07, 6.45) is 3.10. The summed E-state index contributed by atoms with van der Waals surface area (Å²) >= 11 is 0. The van der Waals surface area contributed by atoms with Crippen LogP contribution in [0.25, 0.3) is 22.5 Å². The lowest BCUT2D eigenvalue weighted by Gasteiger charge is -2.05. The number of aryl methyl sites for hydroxylation is 2. The van der Waals surface area contributed by atoms with E-state index >= 15 is 0 Å². The number of H-pyrrole nitrogens is 2. The third kappa shape index (κ3) is 5.22. The third-order valence-corrected chi connectivity index (χ3v) is 5.85. The molecule has 0 bridgehead atoms. The van der Waals surface area contributed by atoms with Crippen molar-refractivity contribution in [3.8, 4) is 22.5 Å². The number of amides is 1.